The van der Waals surface area contributed by atoms with Crippen LogP contribution >= 0.6 is 0 Å². The summed E-state index contributed by atoms with van der Waals surface area (Å²) >= 11 is 0. The quantitative estimate of drug-likeness (QED) is 0.747. The number of nitrogens with zero attached hydrogens (tertiary/aromatic N) is 2. The molecule has 2 aromatic carbocycles. The van der Waals surface area contributed by atoms with Crippen LogP contribution in [0.4, 0.5) is 11.4 Å². The summed E-state index contributed by atoms with van der Waals surface area (Å²) in [5, 5.41) is 0. The van der Waals surface area contributed by atoms with E-state index in [0.29, 0.717) is 17.8 Å². The van der Waals surface area contributed by atoms with Gasteiger partial charge in [-0.2, -0.15) is 0 Å². The molecule has 0 fully saturated rings. The molecule has 0 saturated carbocycles. The summed E-state index contributed by atoms with van der Waals surface area (Å²) in [6, 6.07) is 14.6. The molecule has 0 unspecified atom stereocenters. The van der Waals surface area contributed by atoms with Crippen molar-refractivity contribution in [2.24, 2.45) is 0 Å². The van der Waals surface area contributed by atoms with Gasteiger partial charge in [-0.1, -0.05) is 18.2 Å². The highest BCUT2D eigenvalue weighted by Crippen LogP contribution is 2.27. The van der Waals surface area contributed by atoms with Gasteiger partial charge < -0.3 is 14.5 Å². The van der Waals surface area contributed by atoms with E-state index < -0.39 is 5.97 Å². The minimum atomic E-state index is -0.431. The fraction of sp³-hybridized carbons (Fsp3) is 0.318. The standard InChI is InChI=1S/C22H24N2O4/c1-16(25)23(19-11-9-18(10-12-19)22(27)28-2)15-13-21(26)24-14-5-7-17-6-3-4-8-20(17)24/h3-4,6,8-12H,5,7,13-15H2,1-2H3. The highest BCUT2D eigenvalue weighted by molar-refractivity contribution is 5.97. The van der Waals surface area contributed by atoms with E-state index in [4.69, 9.17) is 0 Å². The predicted molar refractivity (Wildman–Crippen MR) is 108 cm³/mol. The number of carbonyl (C=O) groups is 3. The molecule has 0 atom stereocenters. The van der Waals surface area contributed by atoms with Crippen molar-refractivity contribution in [1.82, 2.24) is 0 Å². The van der Waals surface area contributed by atoms with Crippen LogP contribution in [0.3, 0.4) is 0 Å². The van der Waals surface area contributed by atoms with Crippen LogP contribution in [0.2, 0.25) is 0 Å². The number of anilines is 2. The van der Waals surface area contributed by atoms with E-state index in [1.165, 1.54) is 19.6 Å². The van der Waals surface area contributed by atoms with E-state index >= 15 is 0 Å². The van der Waals surface area contributed by atoms with E-state index in [9.17, 15) is 14.4 Å². The third-order valence-corrected chi connectivity index (χ3v) is 4.94. The van der Waals surface area contributed by atoms with Gasteiger partial charge in [0.15, 0.2) is 0 Å². The number of carbonyl (C=O) groups excluding carboxylic acids is 3. The van der Waals surface area contributed by atoms with Crippen molar-refractivity contribution < 1.29 is 19.1 Å². The molecule has 28 heavy (non-hydrogen) atoms. The second kappa shape index (κ2) is 8.69. The lowest BCUT2D eigenvalue weighted by atomic mass is 10.0. The van der Waals surface area contributed by atoms with Crippen LogP contribution in [0.5, 0.6) is 0 Å². The Morgan fingerprint density at radius 1 is 1.07 bits per heavy atom. The van der Waals surface area contributed by atoms with Crippen molar-refractivity contribution in [3.63, 3.8) is 0 Å². The van der Waals surface area contributed by atoms with Gasteiger partial charge in [-0.05, 0) is 48.7 Å². The molecule has 0 spiro atoms. The molecule has 6 nitrogen and oxygen atoms in total. The summed E-state index contributed by atoms with van der Waals surface area (Å²) in [4.78, 5) is 39.9. The summed E-state index contributed by atoms with van der Waals surface area (Å²) in [6.45, 7) is 2.45. The number of benzene rings is 2. The minimum absolute atomic E-state index is 0.00424. The van der Waals surface area contributed by atoms with Crippen molar-refractivity contribution in [1.29, 1.82) is 0 Å². The van der Waals surface area contributed by atoms with Gasteiger partial charge in [-0.3, -0.25) is 9.59 Å². The van der Waals surface area contributed by atoms with E-state index in [-0.39, 0.29) is 24.8 Å². The van der Waals surface area contributed by atoms with Crippen LogP contribution in [0.15, 0.2) is 48.5 Å². The Bertz CT molecular complexity index is 876. The van der Waals surface area contributed by atoms with Crippen LogP contribution in [0.1, 0.15) is 35.7 Å². The number of ether oxygens (including phenoxy) is 1. The molecule has 6 heteroatoms. The number of esters is 1. The number of amides is 2. The Morgan fingerprint density at radius 2 is 1.79 bits per heavy atom. The van der Waals surface area contributed by atoms with Gasteiger partial charge in [0.2, 0.25) is 11.8 Å². The molecule has 0 aliphatic carbocycles. The first-order valence-corrected chi connectivity index (χ1v) is 9.36. The zero-order valence-corrected chi connectivity index (χ0v) is 16.2. The number of para-hydroxylation sites is 1. The van der Waals surface area contributed by atoms with Gasteiger partial charge >= 0.3 is 5.97 Å². The molecular formula is C22H24N2O4. The zero-order valence-electron chi connectivity index (χ0n) is 16.2. The number of hydrogen-bond acceptors (Lipinski definition) is 4. The maximum Gasteiger partial charge on any atom is 0.337 e. The number of methoxy groups -OCH3 is 1. The molecule has 3 rings (SSSR count). The summed E-state index contributed by atoms with van der Waals surface area (Å²) in [7, 11) is 1.32. The van der Waals surface area contributed by atoms with Crippen LogP contribution in [0, 0.1) is 0 Å². The first kappa shape index (κ1) is 19.6. The van der Waals surface area contributed by atoms with Crippen LogP contribution in [-0.4, -0.2) is 38.0 Å². The SMILES string of the molecule is COC(=O)c1ccc(N(CCC(=O)N2CCCc3ccccc32)C(C)=O)cc1. The van der Waals surface area contributed by atoms with Gasteiger partial charge in [0.25, 0.3) is 0 Å². The molecule has 2 aromatic rings. The maximum atomic E-state index is 12.8. The smallest absolute Gasteiger partial charge is 0.337 e. The molecule has 1 aliphatic rings. The molecule has 0 N–H and O–H groups in total. The fourth-order valence-corrected chi connectivity index (χ4v) is 3.50. The lowest BCUT2D eigenvalue weighted by Gasteiger charge is -2.30. The summed E-state index contributed by atoms with van der Waals surface area (Å²) in [5.41, 5.74) is 3.21. The van der Waals surface area contributed by atoms with Gasteiger partial charge in [0, 0.05) is 37.8 Å². The van der Waals surface area contributed by atoms with Gasteiger partial charge in [0.05, 0.1) is 12.7 Å². The zero-order chi connectivity index (χ0) is 20.1. The maximum absolute atomic E-state index is 12.8. The van der Waals surface area contributed by atoms with Crippen molar-refractivity contribution >= 4 is 29.2 Å². The Balaban J connectivity index is 1.70. The molecule has 0 radical (unpaired) electrons. The Kier molecular flexibility index (Phi) is 6.09. The van der Waals surface area contributed by atoms with Gasteiger partial charge in [0.1, 0.15) is 0 Å². The van der Waals surface area contributed by atoms with Crippen LogP contribution < -0.4 is 9.80 Å². The third kappa shape index (κ3) is 4.22. The van der Waals surface area contributed by atoms with Crippen molar-refractivity contribution in [3.05, 3.63) is 59.7 Å². The fourth-order valence-electron chi connectivity index (χ4n) is 3.50. The second-order valence-corrected chi connectivity index (χ2v) is 6.74. The van der Waals surface area contributed by atoms with E-state index in [1.807, 2.05) is 23.1 Å². The van der Waals surface area contributed by atoms with E-state index in [0.717, 1.165) is 18.5 Å². The number of fused-ring (bicyclic) bond motifs is 1. The molecule has 2 amide bonds. The Hall–Kier alpha value is -3.15. The molecule has 1 aliphatic heterocycles. The van der Waals surface area contributed by atoms with E-state index in [1.54, 1.807) is 29.2 Å². The molecule has 146 valence electrons. The average Bonchev–Trinajstić information content (AvgIpc) is 2.73. The van der Waals surface area contributed by atoms with Crippen molar-refractivity contribution in [2.45, 2.75) is 26.2 Å². The van der Waals surface area contributed by atoms with E-state index in [2.05, 4.69) is 10.8 Å². The first-order chi connectivity index (χ1) is 13.5. The predicted octanol–water partition coefficient (Wildman–Crippen LogP) is 3.20. The van der Waals surface area contributed by atoms with Crippen LogP contribution in [-0.2, 0) is 20.7 Å². The largest absolute Gasteiger partial charge is 0.465 e. The first-order valence-electron chi connectivity index (χ1n) is 9.36. The highest BCUT2D eigenvalue weighted by atomic mass is 16.5. The summed E-state index contributed by atoms with van der Waals surface area (Å²) in [5.74, 6) is -0.581. The lowest BCUT2D eigenvalue weighted by Crippen LogP contribution is -2.38. The highest BCUT2D eigenvalue weighted by Gasteiger charge is 2.23. The van der Waals surface area contributed by atoms with Gasteiger partial charge in [-0.25, -0.2) is 4.79 Å². The molecule has 0 aromatic heterocycles. The Labute approximate surface area is 164 Å². The van der Waals surface area contributed by atoms with Crippen molar-refractivity contribution in [2.75, 3.05) is 30.0 Å². The van der Waals surface area contributed by atoms with Crippen LogP contribution in [0.25, 0.3) is 0 Å². The molecular weight excluding hydrogens is 356 g/mol. The monoisotopic (exact) mass is 380 g/mol. The second-order valence-electron chi connectivity index (χ2n) is 6.74. The van der Waals surface area contributed by atoms with Gasteiger partial charge in [-0.15, -0.1) is 0 Å². The van der Waals surface area contributed by atoms with Crippen molar-refractivity contribution in [3.8, 4) is 0 Å². The molecule has 1 heterocycles. The number of rotatable bonds is 5. The average molecular weight is 380 g/mol. The minimum Gasteiger partial charge on any atom is -0.465 e. The summed E-state index contributed by atoms with van der Waals surface area (Å²) < 4.78 is 4.69. The number of hydrogen-bond donors (Lipinski definition) is 0. The number of aryl methyl sites for hydroxylation is 1. The lowest BCUT2D eigenvalue weighted by molar-refractivity contribution is -0.118. The summed E-state index contributed by atoms with van der Waals surface area (Å²) in [6.07, 6.45) is 2.15. The molecule has 0 saturated heterocycles. The molecule has 0 bridgehead atoms. The normalized spacial score (nSPS) is 12.9. The third-order valence-electron chi connectivity index (χ3n) is 4.94. The Morgan fingerprint density at radius 3 is 2.46 bits per heavy atom. The topological polar surface area (TPSA) is 66.9 Å².